The van der Waals surface area contributed by atoms with Crippen molar-refractivity contribution in [2.24, 2.45) is 0 Å². The van der Waals surface area contributed by atoms with Gasteiger partial charge in [-0.25, -0.2) is 8.78 Å². The lowest BCUT2D eigenvalue weighted by molar-refractivity contribution is -0.122. The Bertz CT molecular complexity index is 423. The van der Waals surface area contributed by atoms with E-state index in [2.05, 4.69) is 10.6 Å². The molecule has 0 aliphatic carbocycles. The van der Waals surface area contributed by atoms with Crippen molar-refractivity contribution in [3.8, 4) is 0 Å². The van der Waals surface area contributed by atoms with Crippen LogP contribution in [0.15, 0.2) is 18.2 Å². The number of hydrogen-bond acceptors (Lipinski definition) is 2. The Kier molecular flexibility index (Phi) is 5.07. The predicted octanol–water partition coefficient (Wildman–Crippen LogP) is 2.68. The summed E-state index contributed by atoms with van der Waals surface area (Å²) in [5.41, 5.74) is -0.0122. The van der Waals surface area contributed by atoms with E-state index in [0.29, 0.717) is 0 Å². The fourth-order valence-corrected chi connectivity index (χ4v) is 1.38. The van der Waals surface area contributed by atoms with Gasteiger partial charge >= 0.3 is 0 Å². The third kappa shape index (κ3) is 3.98. The minimum Gasteiger partial charge on any atom is -0.371 e. The van der Waals surface area contributed by atoms with E-state index < -0.39 is 17.7 Å². The molecule has 5 heteroatoms. The van der Waals surface area contributed by atoms with E-state index in [9.17, 15) is 13.6 Å². The predicted molar refractivity (Wildman–Crippen MR) is 67.3 cm³/mol. The number of hydrogen-bond donors (Lipinski definition) is 2. The van der Waals surface area contributed by atoms with E-state index in [4.69, 9.17) is 0 Å². The van der Waals surface area contributed by atoms with Crippen LogP contribution < -0.4 is 10.6 Å². The molecule has 0 saturated carbocycles. The summed E-state index contributed by atoms with van der Waals surface area (Å²) in [5.74, 6) is -1.37. The molecule has 1 rings (SSSR count). The Morgan fingerprint density at radius 1 is 1.33 bits per heavy atom. The van der Waals surface area contributed by atoms with Crippen LogP contribution in [0.1, 0.15) is 27.2 Å². The summed E-state index contributed by atoms with van der Waals surface area (Å²) in [6.45, 7) is 5.44. The lowest BCUT2D eigenvalue weighted by atomic mass is 10.2. The fourth-order valence-electron chi connectivity index (χ4n) is 1.38. The molecule has 100 valence electrons. The van der Waals surface area contributed by atoms with Gasteiger partial charge in [0.2, 0.25) is 5.91 Å². The molecule has 2 atom stereocenters. The lowest BCUT2D eigenvalue weighted by Gasteiger charge is -2.18. The highest BCUT2D eigenvalue weighted by Crippen LogP contribution is 2.16. The molecule has 1 amide bonds. The molecule has 0 saturated heterocycles. The van der Waals surface area contributed by atoms with Crippen LogP contribution in [0, 0.1) is 11.6 Å². The van der Waals surface area contributed by atoms with Gasteiger partial charge in [-0.1, -0.05) is 6.92 Å². The molecular formula is C13H18F2N2O. The Morgan fingerprint density at radius 2 is 2.00 bits per heavy atom. The summed E-state index contributed by atoms with van der Waals surface area (Å²) in [6.07, 6.45) is 0.812. The quantitative estimate of drug-likeness (QED) is 0.850. The van der Waals surface area contributed by atoms with Crippen molar-refractivity contribution < 1.29 is 13.6 Å². The molecule has 0 aliphatic heterocycles. The Balaban J connectivity index is 2.66. The molecule has 18 heavy (non-hydrogen) atoms. The molecule has 0 bridgehead atoms. The molecule has 0 spiro atoms. The maximum absolute atomic E-state index is 13.4. The maximum Gasteiger partial charge on any atom is 0.242 e. The van der Waals surface area contributed by atoms with Crippen LogP contribution in [0.2, 0.25) is 0 Å². The molecule has 3 nitrogen and oxygen atoms in total. The van der Waals surface area contributed by atoms with Crippen molar-refractivity contribution >= 4 is 11.6 Å². The molecule has 2 N–H and O–H groups in total. The highest BCUT2D eigenvalue weighted by molar-refractivity contribution is 5.84. The average molecular weight is 256 g/mol. The largest absolute Gasteiger partial charge is 0.371 e. The van der Waals surface area contributed by atoms with E-state index in [0.717, 1.165) is 24.6 Å². The third-order valence-corrected chi connectivity index (χ3v) is 2.69. The zero-order chi connectivity index (χ0) is 13.7. The average Bonchev–Trinajstić information content (AvgIpc) is 2.33. The van der Waals surface area contributed by atoms with Crippen molar-refractivity contribution in [2.75, 3.05) is 5.32 Å². The molecule has 2 unspecified atom stereocenters. The van der Waals surface area contributed by atoms with E-state index in [-0.39, 0.29) is 17.6 Å². The number of carbonyl (C=O) groups is 1. The van der Waals surface area contributed by atoms with Gasteiger partial charge < -0.3 is 10.6 Å². The number of anilines is 1. The van der Waals surface area contributed by atoms with Crippen molar-refractivity contribution in [3.63, 3.8) is 0 Å². The minimum atomic E-state index is -0.629. The first-order valence-electron chi connectivity index (χ1n) is 5.96. The molecule has 1 aromatic rings. The van der Waals surface area contributed by atoms with Crippen molar-refractivity contribution in [2.45, 2.75) is 39.3 Å². The van der Waals surface area contributed by atoms with Crippen molar-refractivity contribution in [3.05, 3.63) is 29.8 Å². The van der Waals surface area contributed by atoms with Gasteiger partial charge in [0.05, 0.1) is 5.69 Å². The van der Waals surface area contributed by atoms with Crippen molar-refractivity contribution in [1.82, 2.24) is 5.32 Å². The molecular weight excluding hydrogens is 238 g/mol. The summed E-state index contributed by atoms with van der Waals surface area (Å²) < 4.78 is 26.3. The number of amides is 1. The second kappa shape index (κ2) is 6.33. The summed E-state index contributed by atoms with van der Waals surface area (Å²) in [6, 6.07) is 2.51. The Labute approximate surface area is 106 Å². The third-order valence-electron chi connectivity index (χ3n) is 2.69. The number of benzene rings is 1. The van der Waals surface area contributed by atoms with Crippen LogP contribution in [-0.4, -0.2) is 18.0 Å². The van der Waals surface area contributed by atoms with E-state index in [1.54, 1.807) is 6.92 Å². The molecule has 0 radical (unpaired) electrons. The number of rotatable bonds is 5. The smallest absolute Gasteiger partial charge is 0.242 e. The van der Waals surface area contributed by atoms with E-state index in [1.807, 2.05) is 13.8 Å². The first kappa shape index (κ1) is 14.4. The lowest BCUT2D eigenvalue weighted by Crippen LogP contribution is -2.42. The fraction of sp³-hybridized carbons (Fsp3) is 0.462. The highest BCUT2D eigenvalue weighted by Gasteiger charge is 2.16. The van der Waals surface area contributed by atoms with Crippen LogP contribution in [0.5, 0.6) is 0 Å². The molecule has 0 aromatic heterocycles. The normalized spacial score (nSPS) is 13.8. The van der Waals surface area contributed by atoms with Gasteiger partial charge in [0.15, 0.2) is 0 Å². The van der Waals surface area contributed by atoms with Gasteiger partial charge in [0.1, 0.15) is 17.7 Å². The summed E-state index contributed by atoms with van der Waals surface area (Å²) in [7, 11) is 0. The number of halogens is 2. The topological polar surface area (TPSA) is 41.1 Å². The van der Waals surface area contributed by atoms with Gasteiger partial charge in [-0.2, -0.15) is 0 Å². The van der Waals surface area contributed by atoms with Crippen LogP contribution in [0.25, 0.3) is 0 Å². The highest BCUT2D eigenvalue weighted by atomic mass is 19.1. The van der Waals surface area contributed by atoms with Gasteiger partial charge in [0.25, 0.3) is 0 Å². The van der Waals surface area contributed by atoms with Crippen molar-refractivity contribution in [1.29, 1.82) is 0 Å². The second-order valence-electron chi connectivity index (χ2n) is 4.31. The van der Waals surface area contributed by atoms with Crippen LogP contribution >= 0.6 is 0 Å². The molecule has 1 aromatic carbocycles. The Morgan fingerprint density at radius 3 is 2.61 bits per heavy atom. The molecule has 0 aliphatic rings. The van der Waals surface area contributed by atoms with Gasteiger partial charge in [-0.3, -0.25) is 4.79 Å². The monoisotopic (exact) mass is 256 g/mol. The number of carbonyl (C=O) groups excluding carboxylic acids is 1. The summed E-state index contributed by atoms with van der Waals surface area (Å²) in [5, 5.41) is 5.42. The zero-order valence-electron chi connectivity index (χ0n) is 10.8. The molecule has 0 fully saturated rings. The SMILES string of the molecule is CCC(C)NC(=O)C(C)Nc1cc(F)ccc1F. The first-order valence-corrected chi connectivity index (χ1v) is 5.96. The molecule has 0 heterocycles. The standard InChI is InChI=1S/C13H18F2N2O/c1-4-8(2)16-13(18)9(3)17-12-7-10(14)5-6-11(12)15/h5-9,17H,4H2,1-3H3,(H,16,18). The van der Waals surface area contributed by atoms with Crippen LogP contribution in [0.3, 0.4) is 0 Å². The second-order valence-corrected chi connectivity index (χ2v) is 4.31. The van der Waals surface area contributed by atoms with Gasteiger partial charge in [-0.05, 0) is 38.5 Å². The zero-order valence-corrected chi connectivity index (χ0v) is 10.8. The van der Waals surface area contributed by atoms with E-state index >= 15 is 0 Å². The Hall–Kier alpha value is -1.65. The van der Waals surface area contributed by atoms with Gasteiger partial charge in [0, 0.05) is 6.04 Å². The number of nitrogens with one attached hydrogen (secondary N) is 2. The van der Waals surface area contributed by atoms with Crippen LogP contribution in [0.4, 0.5) is 14.5 Å². The summed E-state index contributed by atoms with van der Waals surface area (Å²) >= 11 is 0. The van der Waals surface area contributed by atoms with Crippen LogP contribution in [-0.2, 0) is 4.79 Å². The first-order chi connectivity index (χ1) is 8.43. The minimum absolute atomic E-state index is 0.0122. The summed E-state index contributed by atoms with van der Waals surface area (Å²) in [4.78, 5) is 11.7. The van der Waals surface area contributed by atoms with E-state index in [1.165, 1.54) is 0 Å². The maximum atomic E-state index is 13.4. The van der Waals surface area contributed by atoms with Gasteiger partial charge in [-0.15, -0.1) is 0 Å².